The lowest BCUT2D eigenvalue weighted by Crippen LogP contribution is -1.59. The summed E-state index contributed by atoms with van der Waals surface area (Å²) in [5.74, 6) is 2.47. The highest BCUT2D eigenvalue weighted by Gasteiger charge is 1.75. The van der Waals surface area contributed by atoms with Gasteiger partial charge in [-0.25, -0.2) is 0 Å². The van der Waals surface area contributed by atoms with Crippen molar-refractivity contribution in [2.24, 2.45) is 0 Å². The molecule has 0 spiro atoms. The maximum atomic E-state index is 2.17. The molecule has 0 atom stereocenters. The molecule has 1 nitrogen and oxygen atoms in total. The highest BCUT2D eigenvalue weighted by atomic mass is 33.1. The Hall–Kier alpha value is 0.660. The van der Waals surface area contributed by atoms with Crippen LogP contribution in [-0.4, -0.2) is 11.5 Å². The molecule has 7 heavy (non-hydrogen) atoms. The summed E-state index contributed by atoms with van der Waals surface area (Å²) in [6.07, 6.45) is 0. The molecule has 0 aliphatic rings. The zero-order chi connectivity index (χ0) is 4.83. The van der Waals surface area contributed by atoms with Crippen LogP contribution in [0.3, 0.4) is 0 Å². The van der Waals surface area contributed by atoms with Crippen LogP contribution in [0.5, 0.6) is 0 Å². The van der Waals surface area contributed by atoms with Gasteiger partial charge in [-0.2, -0.15) is 0 Å². The third-order valence-electron chi connectivity index (χ3n) is 0.319. The molecule has 0 fully saturated rings. The fourth-order valence-corrected chi connectivity index (χ4v) is 1.50. The Labute approximate surface area is 53.6 Å². The molecule has 0 bridgehead atoms. The third-order valence-corrected chi connectivity index (χ3v) is 2.87. The first kappa shape index (κ1) is 10.6. The minimum absolute atomic E-state index is 0. The fourth-order valence-electron chi connectivity index (χ4n) is 0.167. The maximum Gasteiger partial charge on any atom is 0.000844 e. The van der Waals surface area contributed by atoms with E-state index in [4.69, 9.17) is 0 Å². The molecule has 0 aromatic carbocycles. The Bertz CT molecular complexity index is 21.7. The van der Waals surface area contributed by atoms with Crippen LogP contribution in [-0.2, 0) is 0 Å². The van der Waals surface area contributed by atoms with Crippen molar-refractivity contribution in [1.82, 2.24) is 6.15 Å². The van der Waals surface area contributed by atoms with E-state index in [2.05, 4.69) is 13.8 Å². The molecular formula is C4H13NS2. The minimum Gasteiger partial charge on any atom is -0.344 e. The summed E-state index contributed by atoms with van der Waals surface area (Å²) in [5, 5.41) is 0. The van der Waals surface area contributed by atoms with Crippen LogP contribution in [0.4, 0.5) is 0 Å². The van der Waals surface area contributed by atoms with Crippen LogP contribution in [0.25, 0.3) is 0 Å². The molecule has 0 aliphatic carbocycles. The lowest BCUT2D eigenvalue weighted by molar-refractivity contribution is 1.53. The van der Waals surface area contributed by atoms with Crippen LogP contribution < -0.4 is 6.15 Å². The smallest absolute Gasteiger partial charge is 0.000844 e. The van der Waals surface area contributed by atoms with Crippen molar-refractivity contribution in [3.05, 3.63) is 0 Å². The highest BCUT2D eigenvalue weighted by molar-refractivity contribution is 8.76. The van der Waals surface area contributed by atoms with Crippen molar-refractivity contribution in [1.29, 1.82) is 0 Å². The van der Waals surface area contributed by atoms with Gasteiger partial charge in [0.15, 0.2) is 0 Å². The Morgan fingerprint density at radius 3 is 1.43 bits per heavy atom. The SMILES string of the molecule is CCSSCC.N. The maximum absolute atomic E-state index is 2.17. The van der Waals surface area contributed by atoms with E-state index in [0.29, 0.717) is 0 Å². The van der Waals surface area contributed by atoms with Gasteiger partial charge < -0.3 is 6.15 Å². The van der Waals surface area contributed by atoms with Gasteiger partial charge in [0.2, 0.25) is 0 Å². The largest absolute Gasteiger partial charge is 0.344 e. The number of hydrogen-bond acceptors (Lipinski definition) is 3. The zero-order valence-corrected chi connectivity index (χ0v) is 6.57. The molecule has 0 radical (unpaired) electrons. The lowest BCUT2D eigenvalue weighted by atomic mass is 11.0. The van der Waals surface area contributed by atoms with E-state index in [1.807, 2.05) is 21.6 Å². The van der Waals surface area contributed by atoms with Gasteiger partial charge in [0.1, 0.15) is 0 Å². The third kappa shape index (κ3) is 10.8. The van der Waals surface area contributed by atoms with Crippen molar-refractivity contribution in [2.45, 2.75) is 13.8 Å². The van der Waals surface area contributed by atoms with Gasteiger partial charge in [-0.1, -0.05) is 35.4 Å². The van der Waals surface area contributed by atoms with E-state index >= 15 is 0 Å². The van der Waals surface area contributed by atoms with E-state index in [9.17, 15) is 0 Å². The van der Waals surface area contributed by atoms with Crippen LogP contribution in [0.15, 0.2) is 0 Å². The molecule has 0 rings (SSSR count). The lowest BCUT2D eigenvalue weighted by Gasteiger charge is -1.86. The molecule has 3 heteroatoms. The van der Waals surface area contributed by atoms with Gasteiger partial charge in [0.25, 0.3) is 0 Å². The summed E-state index contributed by atoms with van der Waals surface area (Å²) in [7, 11) is 3.85. The van der Waals surface area contributed by atoms with Gasteiger partial charge in [-0.05, 0) is 0 Å². The van der Waals surface area contributed by atoms with Crippen LogP contribution in [0, 0.1) is 0 Å². The quantitative estimate of drug-likeness (QED) is 0.482. The fraction of sp³-hybridized carbons (Fsp3) is 1.00. The monoisotopic (exact) mass is 139 g/mol. The summed E-state index contributed by atoms with van der Waals surface area (Å²) < 4.78 is 0. The summed E-state index contributed by atoms with van der Waals surface area (Å²) in [6.45, 7) is 4.35. The molecule has 0 heterocycles. The predicted octanol–water partition coefficient (Wildman–Crippen LogP) is 2.57. The second-order valence-electron chi connectivity index (χ2n) is 0.813. The summed E-state index contributed by atoms with van der Waals surface area (Å²) in [5.41, 5.74) is 0. The van der Waals surface area contributed by atoms with Crippen molar-refractivity contribution in [3.63, 3.8) is 0 Å². The first-order valence-corrected chi connectivity index (χ1v) is 4.65. The Morgan fingerprint density at radius 1 is 1.00 bits per heavy atom. The summed E-state index contributed by atoms with van der Waals surface area (Å²) >= 11 is 0. The van der Waals surface area contributed by atoms with E-state index in [1.165, 1.54) is 11.5 Å². The van der Waals surface area contributed by atoms with E-state index in [-0.39, 0.29) is 6.15 Å². The van der Waals surface area contributed by atoms with Crippen LogP contribution >= 0.6 is 21.6 Å². The Balaban J connectivity index is 0. The predicted molar refractivity (Wildman–Crippen MR) is 41.3 cm³/mol. The normalized spacial score (nSPS) is 7.71. The van der Waals surface area contributed by atoms with Gasteiger partial charge in [-0.15, -0.1) is 0 Å². The average molecular weight is 139 g/mol. The summed E-state index contributed by atoms with van der Waals surface area (Å²) in [4.78, 5) is 0. The molecule has 0 amide bonds. The molecule has 0 saturated heterocycles. The van der Waals surface area contributed by atoms with Gasteiger partial charge in [0.05, 0.1) is 0 Å². The van der Waals surface area contributed by atoms with Crippen LogP contribution in [0.2, 0.25) is 0 Å². The molecule has 0 unspecified atom stereocenters. The minimum atomic E-state index is 0. The molecule has 46 valence electrons. The first-order chi connectivity index (χ1) is 2.91. The van der Waals surface area contributed by atoms with Gasteiger partial charge >= 0.3 is 0 Å². The van der Waals surface area contributed by atoms with Crippen molar-refractivity contribution in [2.75, 3.05) is 11.5 Å². The first-order valence-electron chi connectivity index (χ1n) is 2.16. The van der Waals surface area contributed by atoms with E-state index < -0.39 is 0 Å². The second-order valence-corrected chi connectivity index (χ2v) is 3.85. The Kier molecular flexibility index (Phi) is 14.9. The topological polar surface area (TPSA) is 35.0 Å². The molecule has 0 saturated carbocycles. The average Bonchev–Trinajstić information content (AvgIpc) is 1.61. The van der Waals surface area contributed by atoms with Crippen molar-refractivity contribution < 1.29 is 0 Å². The van der Waals surface area contributed by atoms with Gasteiger partial charge in [-0.3, -0.25) is 0 Å². The summed E-state index contributed by atoms with van der Waals surface area (Å²) in [6, 6.07) is 0. The number of rotatable bonds is 3. The van der Waals surface area contributed by atoms with E-state index in [0.717, 1.165) is 0 Å². The molecule has 3 N–H and O–H groups in total. The molecule has 0 aromatic heterocycles. The number of hydrogen-bond donors (Lipinski definition) is 1. The highest BCUT2D eigenvalue weighted by Crippen LogP contribution is 2.18. The van der Waals surface area contributed by atoms with Gasteiger partial charge in [0, 0.05) is 11.5 Å². The van der Waals surface area contributed by atoms with Crippen LogP contribution in [0.1, 0.15) is 13.8 Å². The Morgan fingerprint density at radius 2 is 1.29 bits per heavy atom. The standard InChI is InChI=1S/C4H10S2.H3N/c1-3-5-6-4-2;/h3-4H2,1-2H3;1H3. The van der Waals surface area contributed by atoms with Crippen molar-refractivity contribution in [3.8, 4) is 0 Å². The van der Waals surface area contributed by atoms with E-state index in [1.54, 1.807) is 0 Å². The molecule has 0 aromatic rings. The zero-order valence-electron chi connectivity index (χ0n) is 4.94. The van der Waals surface area contributed by atoms with Crippen molar-refractivity contribution >= 4 is 21.6 Å². The molecule has 0 aliphatic heterocycles. The molecular weight excluding hydrogens is 126 g/mol. The second kappa shape index (κ2) is 9.83.